The highest BCUT2D eigenvalue weighted by molar-refractivity contribution is 5.89. The zero-order valence-corrected chi connectivity index (χ0v) is 19.0. The summed E-state index contributed by atoms with van der Waals surface area (Å²) in [4.78, 5) is 17.4. The van der Waals surface area contributed by atoms with Gasteiger partial charge in [-0.3, -0.25) is 4.79 Å². The molecule has 2 aromatic carbocycles. The molecule has 0 saturated carbocycles. The lowest BCUT2D eigenvalue weighted by molar-refractivity contribution is -0.130. The van der Waals surface area contributed by atoms with Crippen molar-refractivity contribution in [2.75, 3.05) is 31.1 Å². The fraction of sp³-hybridized carbons (Fsp3) is 0.308. The number of anilines is 1. The molecule has 0 aliphatic carbocycles. The normalized spacial score (nSPS) is 14.3. The monoisotopic (exact) mass is 427 g/mol. The minimum Gasteiger partial charge on any atom is -0.365 e. The van der Waals surface area contributed by atoms with Crippen molar-refractivity contribution in [2.24, 2.45) is 7.05 Å². The number of carbonyl (C=O) groups is 1. The van der Waals surface area contributed by atoms with Gasteiger partial charge in [0.15, 0.2) is 0 Å². The van der Waals surface area contributed by atoms with Gasteiger partial charge in [0.05, 0.1) is 29.2 Å². The summed E-state index contributed by atoms with van der Waals surface area (Å²) in [6.07, 6.45) is 2.54. The predicted octanol–water partition coefficient (Wildman–Crippen LogP) is 3.87. The van der Waals surface area contributed by atoms with E-state index in [2.05, 4.69) is 53.8 Å². The molecule has 6 nitrogen and oxygen atoms in total. The van der Waals surface area contributed by atoms with Gasteiger partial charge in [-0.2, -0.15) is 5.10 Å². The lowest BCUT2D eigenvalue weighted by Crippen LogP contribution is -2.49. The first kappa shape index (κ1) is 20.4. The molecule has 2 aromatic heterocycles. The van der Waals surface area contributed by atoms with Crippen LogP contribution in [0.1, 0.15) is 17.0 Å². The number of nitrogens with zero attached hydrogens (tertiary/aromatic N) is 5. The smallest absolute Gasteiger partial charge is 0.227 e. The summed E-state index contributed by atoms with van der Waals surface area (Å²) in [6.45, 7) is 7.31. The summed E-state index contributed by atoms with van der Waals surface area (Å²) in [5, 5.41) is 5.96. The van der Waals surface area contributed by atoms with Gasteiger partial charge in [-0.1, -0.05) is 36.4 Å². The van der Waals surface area contributed by atoms with Crippen LogP contribution < -0.4 is 4.90 Å². The Morgan fingerprint density at radius 2 is 1.62 bits per heavy atom. The van der Waals surface area contributed by atoms with E-state index in [1.165, 1.54) is 16.6 Å². The Kier molecular flexibility index (Phi) is 5.21. The van der Waals surface area contributed by atoms with Crippen molar-refractivity contribution >= 4 is 22.5 Å². The lowest BCUT2D eigenvalue weighted by Gasteiger charge is -2.36. The number of para-hydroxylation sites is 2. The number of piperazine rings is 1. The second-order valence-corrected chi connectivity index (χ2v) is 8.59. The summed E-state index contributed by atoms with van der Waals surface area (Å²) in [5.74, 6) is 0.203. The minimum atomic E-state index is 0.203. The molecule has 6 heteroatoms. The van der Waals surface area contributed by atoms with Gasteiger partial charge in [0, 0.05) is 50.3 Å². The van der Waals surface area contributed by atoms with E-state index in [4.69, 9.17) is 5.10 Å². The van der Waals surface area contributed by atoms with Crippen molar-refractivity contribution < 1.29 is 4.79 Å². The van der Waals surface area contributed by atoms with Crippen LogP contribution in [0.4, 0.5) is 5.69 Å². The van der Waals surface area contributed by atoms with Gasteiger partial charge >= 0.3 is 0 Å². The molecular weight excluding hydrogens is 398 g/mol. The van der Waals surface area contributed by atoms with Crippen molar-refractivity contribution in [1.82, 2.24) is 19.2 Å². The molecule has 164 valence electrons. The Bertz CT molecular complexity index is 1260. The number of aryl methyl sites for hydroxylation is 2. The highest BCUT2D eigenvalue weighted by Crippen LogP contribution is 2.28. The van der Waals surface area contributed by atoms with E-state index in [-0.39, 0.29) is 5.91 Å². The Morgan fingerprint density at radius 1 is 0.938 bits per heavy atom. The van der Waals surface area contributed by atoms with Crippen LogP contribution in [0.3, 0.4) is 0 Å². The third-order valence-electron chi connectivity index (χ3n) is 6.52. The van der Waals surface area contributed by atoms with Crippen LogP contribution >= 0.6 is 0 Å². The average molecular weight is 428 g/mol. The van der Waals surface area contributed by atoms with Crippen LogP contribution in [-0.2, 0) is 18.3 Å². The van der Waals surface area contributed by atoms with Gasteiger partial charge in [0.1, 0.15) is 0 Å². The Balaban J connectivity index is 1.28. The van der Waals surface area contributed by atoms with Gasteiger partial charge in [-0.15, -0.1) is 0 Å². The summed E-state index contributed by atoms with van der Waals surface area (Å²) in [6, 6.07) is 18.5. The molecule has 0 radical (unpaired) electrons. The highest BCUT2D eigenvalue weighted by atomic mass is 16.2. The van der Waals surface area contributed by atoms with E-state index < -0.39 is 0 Å². The minimum absolute atomic E-state index is 0.203. The number of hydrogen-bond donors (Lipinski definition) is 0. The van der Waals surface area contributed by atoms with E-state index in [0.29, 0.717) is 6.42 Å². The maximum atomic E-state index is 13.1. The molecule has 1 fully saturated rings. The van der Waals surface area contributed by atoms with Crippen molar-refractivity contribution in [2.45, 2.75) is 20.3 Å². The van der Waals surface area contributed by atoms with Gasteiger partial charge in [0.25, 0.3) is 0 Å². The maximum Gasteiger partial charge on any atom is 0.227 e. The molecule has 0 atom stereocenters. The van der Waals surface area contributed by atoms with E-state index in [1.54, 1.807) is 0 Å². The largest absolute Gasteiger partial charge is 0.365 e. The van der Waals surface area contributed by atoms with Crippen LogP contribution in [0.2, 0.25) is 0 Å². The molecular formula is C26H29N5O. The number of benzene rings is 2. The molecule has 1 aliphatic rings. The molecule has 4 aromatic rings. The summed E-state index contributed by atoms with van der Waals surface area (Å²) < 4.78 is 4.12. The third-order valence-corrected chi connectivity index (χ3v) is 6.52. The van der Waals surface area contributed by atoms with Crippen molar-refractivity contribution in [3.63, 3.8) is 0 Å². The standard InChI is InChI=1S/C26H29N5O/c1-19-26(20(2)31(27-19)22-9-5-4-6-10-22)30-15-13-29(14-16-30)25(32)17-21-18-28(3)24-12-8-7-11-23(21)24/h4-12,18H,13-17H2,1-3H3. The highest BCUT2D eigenvalue weighted by Gasteiger charge is 2.26. The average Bonchev–Trinajstić information content (AvgIpc) is 3.30. The number of aromatic nitrogens is 3. The number of carbonyl (C=O) groups excluding carboxylic acids is 1. The fourth-order valence-corrected chi connectivity index (χ4v) is 4.93. The summed E-state index contributed by atoms with van der Waals surface area (Å²) >= 11 is 0. The number of fused-ring (bicyclic) bond motifs is 1. The first-order valence-electron chi connectivity index (χ1n) is 11.2. The number of amides is 1. The molecule has 3 heterocycles. The molecule has 1 saturated heterocycles. The Labute approximate surface area is 188 Å². The van der Waals surface area contributed by atoms with Crippen molar-refractivity contribution in [1.29, 1.82) is 0 Å². The number of hydrogen-bond acceptors (Lipinski definition) is 3. The lowest BCUT2D eigenvalue weighted by atomic mass is 10.1. The molecule has 1 aliphatic heterocycles. The molecule has 0 bridgehead atoms. The zero-order chi connectivity index (χ0) is 22.2. The predicted molar refractivity (Wildman–Crippen MR) is 128 cm³/mol. The van der Waals surface area contributed by atoms with Crippen molar-refractivity contribution in [3.05, 3.63) is 77.7 Å². The molecule has 0 unspecified atom stereocenters. The first-order valence-corrected chi connectivity index (χ1v) is 11.2. The van der Waals surface area contributed by atoms with Crippen LogP contribution in [0.5, 0.6) is 0 Å². The topological polar surface area (TPSA) is 46.3 Å². The summed E-state index contributed by atoms with van der Waals surface area (Å²) in [5.41, 5.74) is 6.71. The van der Waals surface area contributed by atoms with Crippen LogP contribution in [0, 0.1) is 13.8 Å². The Hall–Kier alpha value is -3.54. The van der Waals surface area contributed by atoms with Gasteiger partial charge < -0.3 is 14.4 Å². The molecule has 0 N–H and O–H groups in total. The second-order valence-electron chi connectivity index (χ2n) is 8.59. The van der Waals surface area contributed by atoms with E-state index >= 15 is 0 Å². The Morgan fingerprint density at radius 3 is 2.38 bits per heavy atom. The third kappa shape index (κ3) is 3.55. The molecule has 0 spiro atoms. The molecule has 32 heavy (non-hydrogen) atoms. The second kappa shape index (κ2) is 8.19. The van der Waals surface area contributed by atoms with Gasteiger partial charge in [-0.05, 0) is 37.6 Å². The van der Waals surface area contributed by atoms with E-state index in [1.807, 2.05) is 47.0 Å². The van der Waals surface area contributed by atoms with Gasteiger partial charge in [-0.25, -0.2) is 4.68 Å². The first-order chi connectivity index (χ1) is 15.5. The van der Waals surface area contributed by atoms with Gasteiger partial charge in [0.2, 0.25) is 5.91 Å². The quantitative estimate of drug-likeness (QED) is 0.497. The summed E-state index contributed by atoms with van der Waals surface area (Å²) in [7, 11) is 2.04. The van der Waals surface area contributed by atoms with E-state index in [0.717, 1.165) is 48.8 Å². The van der Waals surface area contributed by atoms with Crippen molar-refractivity contribution in [3.8, 4) is 5.69 Å². The zero-order valence-electron chi connectivity index (χ0n) is 19.0. The fourth-order valence-electron chi connectivity index (χ4n) is 4.93. The number of rotatable bonds is 4. The SMILES string of the molecule is Cc1nn(-c2ccccc2)c(C)c1N1CCN(C(=O)Cc2cn(C)c3ccccc23)CC1. The van der Waals surface area contributed by atoms with Crippen LogP contribution in [-0.4, -0.2) is 51.3 Å². The van der Waals surface area contributed by atoms with Crippen LogP contribution in [0.15, 0.2) is 60.8 Å². The molecule has 5 rings (SSSR count). The van der Waals surface area contributed by atoms with E-state index in [9.17, 15) is 4.79 Å². The maximum absolute atomic E-state index is 13.1. The molecule has 1 amide bonds. The van der Waals surface area contributed by atoms with Crippen LogP contribution in [0.25, 0.3) is 16.6 Å².